The highest BCUT2D eigenvalue weighted by Crippen LogP contribution is 2.29. The van der Waals surface area contributed by atoms with Crippen molar-refractivity contribution in [1.82, 2.24) is 4.72 Å². The Kier molecular flexibility index (Phi) is 4.53. The molecule has 1 aliphatic rings. The average molecular weight is 313 g/mol. The Bertz CT molecular complexity index is 641. The molecule has 0 radical (unpaired) electrons. The van der Waals surface area contributed by atoms with E-state index < -0.39 is 21.9 Å². The molecule has 2 atom stereocenters. The van der Waals surface area contributed by atoms with Gasteiger partial charge in [-0.3, -0.25) is 4.79 Å². The fourth-order valence-corrected chi connectivity index (χ4v) is 4.13. The maximum atomic E-state index is 12.5. The molecule has 1 aromatic rings. The van der Waals surface area contributed by atoms with E-state index in [0.717, 1.165) is 5.56 Å². The quantitative estimate of drug-likeness (QED) is 0.860. The molecular formula is C14H19NO5S. The molecule has 1 saturated carbocycles. The van der Waals surface area contributed by atoms with E-state index >= 15 is 0 Å². The normalized spacial score (nSPS) is 22.2. The predicted molar refractivity (Wildman–Crippen MR) is 76.8 cm³/mol. The first-order chi connectivity index (χ1) is 9.83. The standard InChI is InChI=1S/C14H19NO5S/c1-9-3-6-12(20-2)13(7-9)21(18,19)15-11-5-4-10(8-11)14(16)17/h3,6-7,10-11,15H,4-5,8H2,1-2H3,(H,16,17)/t10-,11+/m1/s1. The van der Waals surface area contributed by atoms with E-state index in [4.69, 9.17) is 9.84 Å². The van der Waals surface area contributed by atoms with E-state index in [0.29, 0.717) is 19.3 Å². The van der Waals surface area contributed by atoms with Gasteiger partial charge in [-0.05, 0) is 43.9 Å². The molecular weight excluding hydrogens is 294 g/mol. The number of nitrogens with one attached hydrogen (secondary N) is 1. The van der Waals surface area contributed by atoms with Gasteiger partial charge < -0.3 is 9.84 Å². The fraction of sp³-hybridized carbons (Fsp3) is 0.500. The molecule has 0 bridgehead atoms. The summed E-state index contributed by atoms with van der Waals surface area (Å²) in [6.07, 6.45) is 1.35. The Morgan fingerprint density at radius 2 is 2.10 bits per heavy atom. The van der Waals surface area contributed by atoms with Gasteiger partial charge in [0.15, 0.2) is 0 Å². The molecule has 1 aliphatic carbocycles. The van der Waals surface area contributed by atoms with Gasteiger partial charge in [-0.1, -0.05) is 6.07 Å². The topological polar surface area (TPSA) is 92.7 Å². The monoisotopic (exact) mass is 313 g/mol. The third-order valence-corrected chi connectivity index (χ3v) is 5.25. The predicted octanol–water partition coefficient (Wildman–Crippen LogP) is 1.54. The number of hydrogen-bond acceptors (Lipinski definition) is 4. The summed E-state index contributed by atoms with van der Waals surface area (Å²) in [5.74, 6) is -1.07. The van der Waals surface area contributed by atoms with E-state index in [9.17, 15) is 13.2 Å². The molecule has 21 heavy (non-hydrogen) atoms. The van der Waals surface area contributed by atoms with Crippen LogP contribution in [0.3, 0.4) is 0 Å². The Balaban J connectivity index is 2.20. The van der Waals surface area contributed by atoms with Crippen LogP contribution in [0, 0.1) is 12.8 Å². The second-order valence-electron chi connectivity index (χ2n) is 5.32. The minimum absolute atomic E-state index is 0.0868. The summed E-state index contributed by atoms with van der Waals surface area (Å²) < 4.78 is 32.6. The second kappa shape index (κ2) is 6.03. The van der Waals surface area contributed by atoms with Gasteiger partial charge in [0, 0.05) is 6.04 Å². The molecule has 0 saturated heterocycles. The van der Waals surface area contributed by atoms with Crippen molar-refractivity contribution in [3.63, 3.8) is 0 Å². The molecule has 0 unspecified atom stereocenters. The van der Waals surface area contributed by atoms with Gasteiger partial charge in [0.05, 0.1) is 13.0 Å². The van der Waals surface area contributed by atoms with Crippen LogP contribution < -0.4 is 9.46 Å². The Morgan fingerprint density at radius 3 is 2.67 bits per heavy atom. The summed E-state index contributed by atoms with van der Waals surface area (Å²) in [4.78, 5) is 11.0. The number of benzene rings is 1. The first kappa shape index (κ1) is 15.8. The summed E-state index contributed by atoms with van der Waals surface area (Å²) >= 11 is 0. The molecule has 0 aliphatic heterocycles. The maximum absolute atomic E-state index is 12.5. The van der Waals surface area contributed by atoms with Crippen molar-refractivity contribution in [2.24, 2.45) is 5.92 Å². The van der Waals surface area contributed by atoms with E-state index in [-0.39, 0.29) is 16.7 Å². The molecule has 7 heteroatoms. The lowest BCUT2D eigenvalue weighted by Gasteiger charge is -2.15. The van der Waals surface area contributed by atoms with Gasteiger partial charge in [-0.25, -0.2) is 13.1 Å². The lowest BCUT2D eigenvalue weighted by molar-refractivity contribution is -0.141. The van der Waals surface area contributed by atoms with Gasteiger partial charge in [-0.15, -0.1) is 0 Å². The van der Waals surface area contributed by atoms with Crippen LogP contribution in [0.1, 0.15) is 24.8 Å². The Hall–Kier alpha value is -1.60. The van der Waals surface area contributed by atoms with Crippen LogP contribution in [0.5, 0.6) is 5.75 Å². The van der Waals surface area contributed by atoms with Crippen LogP contribution >= 0.6 is 0 Å². The second-order valence-corrected chi connectivity index (χ2v) is 7.00. The van der Waals surface area contributed by atoms with Crippen molar-refractivity contribution in [1.29, 1.82) is 0 Å². The first-order valence-corrected chi connectivity index (χ1v) is 8.21. The molecule has 1 aromatic carbocycles. The van der Waals surface area contributed by atoms with Gasteiger partial charge in [0.1, 0.15) is 10.6 Å². The third-order valence-electron chi connectivity index (χ3n) is 3.71. The van der Waals surface area contributed by atoms with E-state index in [1.54, 1.807) is 25.1 Å². The molecule has 6 nitrogen and oxygen atoms in total. The number of aryl methyl sites for hydroxylation is 1. The van der Waals surface area contributed by atoms with Gasteiger partial charge in [0.2, 0.25) is 10.0 Å². The summed E-state index contributed by atoms with van der Waals surface area (Å²) in [7, 11) is -2.31. The molecule has 1 fully saturated rings. The largest absolute Gasteiger partial charge is 0.495 e. The number of ether oxygens (including phenoxy) is 1. The number of aliphatic carboxylic acids is 1. The molecule has 2 rings (SSSR count). The average Bonchev–Trinajstić information content (AvgIpc) is 2.86. The van der Waals surface area contributed by atoms with E-state index in [1.807, 2.05) is 0 Å². The zero-order valence-electron chi connectivity index (χ0n) is 12.0. The summed E-state index contributed by atoms with van der Waals surface area (Å²) in [5, 5.41) is 8.97. The number of carboxylic acid groups (broad SMARTS) is 1. The van der Waals surface area contributed by atoms with Crippen LogP contribution in [0.25, 0.3) is 0 Å². The van der Waals surface area contributed by atoms with Crippen molar-refractivity contribution in [3.8, 4) is 5.75 Å². The van der Waals surface area contributed by atoms with Crippen LogP contribution in [-0.4, -0.2) is 32.6 Å². The molecule has 2 N–H and O–H groups in total. The highest BCUT2D eigenvalue weighted by molar-refractivity contribution is 7.89. The highest BCUT2D eigenvalue weighted by atomic mass is 32.2. The van der Waals surface area contributed by atoms with Crippen LogP contribution in [0.15, 0.2) is 23.1 Å². The maximum Gasteiger partial charge on any atom is 0.306 e. The number of methoxy groups -OCH3 is 1. The highest BCUT2D eigenvalue weighted by Gasteiger charge is 2.33. The van der Waals surface area contributed by atoms with Crippen LogP contribution in [0.2, 0.25) is 0 Å². The van der Waals surface area contributed by atoms with E-state index in [1.165, 1.54) is 7.11 Å². The first-order valence-electron chi connectivity index (χ1n) is 6.73. The Morgan fingerprint density at radius 1 is 1.38 bits per heavy atom. The summed E-state index contributed by atoms with van der Waals surface area (Å²) in [6, 6.07) is 4.58. The molecule has 0 amide bonds. The lowest BCUT2D eigenvalue weighted by atomic mass is 10.1. The minimum Gasteiger partial charge on any atom is -0.495 e. The SMILES string of the molecule is COc1ccc(C)cc1S(=O)(=O)N[C@H]1CC[C@@H](C(=O)O)C1. The molecule has 0 aromatic heterocycles. The third kappa shape index (κ3) is 3.54. The molecule has 0 spiro atoms. The lowest BCUT2D eigenvalue weighted by Crippen LogP contribution is -2.33. The van der Waals surface area contributed by atoms with Crippen molar-refractivity contribution >= 4 is 16.0 Å². The van der Waals surface area contributed by atoms with Gasteiger partial charge >= 0.3 is 5.97 Å². The van der Waals surface area contributed by atoms with Crippen LogP contribution in [0.4, 0.5) is 0 Å². The van der Waals surface area contributed by atoms with Crippen molar-refractivity contribution in [2.75, 3.05) is 7.11 Å². The molecule has 0 heterocycles. The Labute approximate surface area is 124 Å². The van der Waals surface area contributed by atoms with Crippen molar-refractivity contribution < 1.29 is 23.1 Å². The number of sulfonamides is 1. The zero-order valence-corrected chi connectivity index (χ0v) is 12.8. The van der Waals surface area contributed by atoms with Gasteiger partial charge in [-0.2, -0.15) is 0 Å². The van der Waals surface area contributed by atoms with Crippen LogP contribution in [-0.2, 0) is 14.8 Å². The number of rotatable bonds is 5. The van der Waals surface area contributed by atoms with Crippen molar-refractivity contribution in [2.45, 2.75) is 37.1 Å². The summed E-state index contributed by atoms with van der Waals surface area (Å²) in [6.45, 7) is 1.80. The minimum atomic E-state index is -3.73. The number of hydrogen-bond donors (Lipinski definition) is 2. The number of carboxylic acids is 1. The van der Waals surface area contributed by atoms with Crippen molar-refractivity contribution in [3.05, 3.63) is 23.8 Å². The van der Waals surface area contributed by atoms with E-state index in [2.05, 4.69) is 4.72 Å². The van der Waals surface area contributed by atoms with Gasteiger partial charge in [0.25, 0.3) is 0 Å². The fourth-order valence-electron chi connectivity index (χ4n) is 2.59. The smallest absolute Gasteiger partial charge is 0.306 e. The zero-order chi connectivity index (χ0) is 15.6. The number of carbonyl (C=O) groups is 1. The molecule has 116 valence electrons. The summed E-state index contributed by atoms with van der Waals surface area (Å²) in [5.41, 5.74) is 0.811.